The smallest absolute Gasteiger partial charge is 1.00 e. The van der Waals surface area contributed by atoms with E-state index in [2.05, 4.69) is 50.3 Å². The largest absolute Gasteiger partial charge is 1.00 e. The number of esters is 1. The number of Topliss-reactive ketones (excluding diaryl/α,β-unsaturated/α-hetero) is 1. The first-order valence-electron chi connectivity index (χ1n) is 49.0. The van der Waals surface area contributed by atoms with E-state index in [1.807, 2.05) is 23.9 Å². The summed E-state index contributed by atoms with van der Waals surface area (Å²) in [5.41, 5.74) is -2.06. The first-order chi connectivity index (χ1) is 69.6. The van der Waals surface area contributed by atoms with Crippen LogP contribution in [-0.2, 0) is 44.7 Å². The molecule has 5 aromatic carbocycles. The van der Waals surface area contributed by atoms with E-state index in [4.69, 9.17) is 33.8 Å². The van der Waals surface area contributed by atoms with Gasteiger partial charge in [-0.15, -0.1) is 11.8 Å². The number of piperazine rings is 1. The number of thioether (sulfide) groups is 1. The predicted molar refractivity (Wildman–Crippen MR) is 537 cm³/mol. The van der Waals surface area contributed by atoms with Crippen LogP contribution < -0.4 is 97.0 Å². The number of anilines is 3. The number of nitrogens with one attached hydrogen (secondary N) is 5. The van der Waals surface area contributed by atoms with E-state index in [-0.39, 0.29) is 128 Å². The number of aryl methyl sites for hydroxylation is 1. The number of imide groups is 1. The number of urea groups is 2. The van der Waals surface area contributed by atoms with Gasteiger partial charge < -0.3 is 121 Å². The number of carboxylic acid groups (broad SMARTS) is 3. The summed E-state index contributed by atoms with van der Waals surface area (Å²) in [5, 5.41) is 88.7. The number of benzene rings is 5. The maximum atomic E-state index is 15.2. The first-order valence-corrected chi connectivity index (χ1v) is 49.8. The number of phenols is 2. The van der Waals surface area contributed by atoms with Gasteiger partial charge in [-0.25, -0.2) is 51.4 Å². The number of aliphatic hydroxyl groups excluding tert-OH is 2. The number of aromatic nitrogens is 2. The molecule has 7 amide bonds. The third-order valence-corrected chi connectivity index (χ3v) is 30.5. The van der Waals surface area contributed by atoms with Gasteiger partial charge in [0.25, 0.3) is 11.7 Å². The number of pyridine rings is 2. The molecule has 10 aliphatic rings. The van der Waals surface area contributed by atoms with Crippen molar-refractivity contribution >= 4 is 121 Å². The molecule has 1 saturated carbocycles. The first kappa shape index (κ1) is 113. The van der Waals surface area contributed by atoms with Crippen LogP contribution in [0.15, 0.2) is 111 Å². The molecule has 11 heterocycles. The fourth-order valence-electron chi connectivity index (χ4n) is 20.8. The zero-order valence-corrected chi connectivity index (χ0v) is 88.5. The third-order valence-electron chi connectivity index (χ3n) is 29.0. The molecule has 6 saturated heterocycles. The normalized spacial score (nSPS) is 25.7. The van der Waals surface area contributed by atoms with Crippen LogP contribution in [-0.4, -0.2) is 295 Å². The van der Waals surface area contributed by atoms with Crippen molar-refractivity contribution in [3.05, 3.63) is 167 Å². The molecule has 14 atom stereocenters. The fourth-order valence-corrected chi connectivity index (χ4v) is 22.4. The SMILES string of the molecule is CC1(C)S[C@@H]2[C@H](NC(=O)[C@@H](NC(=O)N3CCNC3=O)c3ccccc3)C(=O)N2[C@H]1C(=O)O.CN1CCN(c2c(F)cc3c(=O)c(C(=O)O)cn(CCF)c3c2F)CC1.CNC1CCCN(c2c(F)cc3c(=O)c(C(=O)O)cn(C4CC4)c3c2OC)C1.CO[C@H]1/C=C/O[C@@]2(C)Oc3c(C)c(O)c4c(O)c(c5c(c4c3C2=O)NC2(CCN(CC(C)C)CC2)N=5)=NC(=O)/C(C)=C\C=C\[C@H](C)[C@H](O)[C@@H](C)[C@@H](O)[C@@H](C)[C@H](OC(C)=O)[C@@H]1C.[H-].[Na+]. The molecule has 7 aromatic rings. The minimum Gasteiger partial charge on any atom is -1.00 e. The number of piperidine rings is 2. The number of ether oxygens (including phenoxy) is 5. The van der Waals surface area contributed by atoms with Crippen molar-refractivity contribution in [1.82, 2.24) is 50.0 Å². The molecule has 0 radical (unpaired) electrons. The van der Waals surface area contributed by atoms with Gasteiger partial charge in [-0.1, -0.05) is 90.1 Å². The second-order valence-electron chi connectivity index (χ2n) is 40.0. The monoisotopic (exact) mass is 2090 g/mol. The number of methoxy groups -OCH3 is 2. The minimum atomic E-state index is -1.95. The van der Waals surface area contributed by atoms with Gasteiger partial charge in [-0.2, -0.15) is 0 Å². The summed E-state index contributed by atoms with van der Waals surface area (Å²) in [4.78, 5) is 170. The molecule has 1 unspecified atom stereocenters. The number of aromatic hydroxyl groups is 2. The number of fused-ring (bicyclic) bond motifs is 4. The van der Waals surface area contributed by atoms with Gasteiger partial charge in [0.05, 0.1) is 76.7 Å². The summed E-state index contributed by atoms with van der Waals surface area (Å²) in [6, 6.07) is 6.49. The number of aliphatic hydroxyl groups is 2. The number of aromatic carboxylic acids is 2. The molecule has 1 spiro atoms. The van der Waals surface area contributed by atoms with Crippen LogP contribution in [0.4, 0.5) is 44.2 Å². The molecule has 7 fully saturated rings. The van der Waals surface area contributed by atoms with Crippen molar-refractivity contribution in [3.63, 3.8) is 0 Å². The molecule has 794 valence electrons. The number of likely N-dealkylation sites (tertiary alicyclic amines) is 1. The maximum absolute atomic E-state index is 15.2. The van der Waals surface area contributed by atoms with Gasteiger partial charge in [-0.05, 0) is 97.2 Å². The van der Waals surface area contributed by atoms with E-state index in [9.17, 15) is 97.0 Å². The number of rotatable bonds is 18. The summed E-state index contributed by atoms with van der Waals surface area (Å²) in [6.45, 7) is 25.7. The number of hydrogen-bond acceptors (Lipinski definition) is 29. The Bertz CT molecular complexity index is 6740. The predicted octanol–water partition coefficient (Wildman–Crippen LogP) is 6.03. The minimum absolute atomic E-state index is 0. The zero-order valence-electron chi connectivity index (χ0n) is 86.6. The van der Waals surface area contributed by atoms with E-state index < -0.39 is 199 Å². The zero-order chi connectivity index (χ0) is 107. The van der Waals surface area contributed by atoms with Crippen LogP contribution in [0.25, 0.3) is 32.6 Å². The maximum Gasteiger partial charge on any atom is 1.00 e. The van der Waals surface area contributed by atoms with E-state index in [0.29, 0.717) is 92.8 Å². The summed E-state index contributed by atoms with van der Waals surface area (Å²) >= 11 is 1.31. The molecule has 12 N–H and O–H groups in total. The van der Waals surface area contributed by atoms with E-state index in [1.54, 1.807) is 119 Å². The Morgan fingerprint density at radius 3 is 2.00 bits per heavy atom. The molecule has 1 aliphatic carbocycles. The molecule has 4 bridgehead atoms. The van der Waals surface area contributed by atoms with Crippen molar-refractivity contribution in [3.8, 4) is 23.0 Å². The Hall–Kier alpha value is -12.3. The van der Waals surface area contributed by atoms with Crippen LogP contribution in [0, 0.1) is 54.0 Å². The van der Waals surface area contributed by atoms with Crippen LogP contribution in [0.1, 0.15) is 170 Å². The van der Waals surface area contributed by atoms with Crippen LogP contribution in [0.3, 0.4) is 0 Å². The molecule has 45 heteroatoms. The molecule has 17 rings (SSSR count). The molecular weight excluding hydrogens is 1960 g/mol. The Kier molecular flexibility index (Phi) is 35.1. The number of carbonyl (C=O) groups is 10. The van der Waals surface area contributed by atoms with Crippen molar-refractivity contribution in [2.24, 2.45) is 39.6 Å². The third kappa shape index (κ3) is 22.6. The average molecular weight is 2090 g/mol. The number of β-lactam (4-membered cyclic amide) rings is 1. The number of carboxylic acids is 3. The van der Waals surface area contributed by atoms with Gasteiger partial charge in [0.15, 0.2) is 23.1 Å². The number of allylic oxidation sites excluding steroid dienone is 2. The number of amides is 7. The molecular formula is C103H128F4N15NaO24S. The summed E-state index contributed by atoms with van der Waals surface area (Å²) < 4.78 is 89.6. The average Bonchev–Trinajstić information content (AvgIpc) is 1.59. The number of halogens is 4. The molecule has 148 heavy (non-hydrogen) atoms. The van der Waals surface area contributed by atoms with E-state index in [1.165, 1.54) is 63.3 Å². The van der Waals surface area contributed by atoms with Crippen LogP contribution >= 0.6 is 11.8 Å². The second-order valence-corrected chi connectivity index (χ2v) is 41.8. The number of alkyl halides is 1. The quantitative estimate of drug-likeness (QED) is 0.0153. The Balaban J connectivity index is 0.000000189. The second kappa shape index (κ2) is 46.1. The van der Waals surface area contributed by atoms with Crippen molar-refractivity contribution in [2.75, 3.05) is 122 Å². The number of hydrogen-bond donors (Lipinski definition) is 12. The fraction of sp³-hybridized carbons (Fsp3) is 0.515. The standard InChI is InChI=1S/C46H62N4O11.C20H24FN3O4.C20H23N5O6S.C17H18F3N3O3.Na.H/c1-22(2)21-50-18-16-46(17-19-50)48-34-31-32-39(54)28(8)42-33(31)43(56)45(10,61-42)59-20-15-30(58-11)25(5)41(60-29(9)51)27(7)38(53)26(6)37(52)23(3)13-12-14-24(4)44(57)47-36(40(32)55)35(34)49-46;1-22-11-4-3-7-23(9-11)17-15(21)8-13-16(19(17)28-2)24(12-5-6-12)10-14(18(13)25)20(26)27;1-20(2)13(17(28)29)25-15(27)12(16(25)32-20)22-14(26)11(10-6-4-3-5-7-10)23-19(31)24-9-8-21-18(24)30;1-21-4-6-22(7-5-21)15-12(19)8-10-14(13(15)20)23(3-2-18)9-11(16(10)24)17(25)26;;/h12-15,20,22-23,25-27,30,37-38,41,48,52-55H,16-19,21H2,1-11H3;8,10-12,22H,3-7,9H2,1-2H3,(H,26,27);3-7,11-13,16H,8-9H2,1-2H3,(H,21,30)(H,22,26)(H,23,31)(H,28,29);8-9H,2-7H2,1H3,(H,25,26);;/q;;;;+1;-1/b13-12+,20-15+,24-14-,47-36?;;;;;/t23-,25+,26+,27+,30-,37-,38+,41+,45-;;11-,12+,13-,16+;;;/m0.0.../s1. The van der Waals surface area contributed by atoms with Gasteiger partial charge >= 0.3 is 71.3 Å². The number of aliphatic carboxylic acids is 1. The Morgan fingerprint density at radius 2 is 1.41 bits per heavy atom. The summed E-state index contributed by atoms with van der Waals surface area (Å²) in [6.07, 6.45) is 11.1. The summed E-state index contributed by atoms with van der Waals surface area (Å²) in [5.74, 6) is -13.8. The van der Waals surface area contributed by atoms with Gasteiger partial charge in [0.2, 0.25) is 22.7 Å². The number of ketones is 1. The molecule has 2 aromatic heterocycles. The molecule has 39 nitrogen and oxygen atoms in total. The van der Waals surface area contributed by atoms with Gasteiger partial charge in [0.1, 0.15) is 92.5 Å². The van der Waals surface area contributed by atoms with E-state index in [0.717, 1.165) is 67.0 Å². The van der Waals surface area contributed by atoms with Crippen LogP contribution in [0.2, 0.25) is 0 Å². The van der Waals surface area contributed by atoms with E-state index >= 15 is 8.78 Å². The Labute approximate surface area is 877 Å². The number of nitrogens with zero attached hydrogens (tertiary/aromatic N) is 10. The van der Waals surface area contributed by atoms with Crippen molar-refractivity contribution < 1.29 is 156 Å². The Morgan fingerprint density at radius 1 is 0.770 bits per heavy atom. The van der Waals surface area contributed by atoms with Gasteiger partial charge in [0, 0.05) is 175 Å². The summed E-state index contributed by atoms with van der Waals surface area (Å²) in [7, 11) is 6.72. The van der Waals surface area contributed by atoms with Crippen molar-refractivity contribution in [2.45, 2.75) is 204 Å². The number of carbonyl (C=O) groups excluding carboxylic acids is 7. The number of likely N-dealkylation sites (N-methyl/N-ethyl adjacent to an activating group) is 2. The topological polar surface area (TPSA) is 507 Å². The molecule has 9 aliphatic heterocycles. The van der Waals surface area contributed by atoms with Gasteiger partial charge in [-0.3, -0.25) is 38.6 Å². The number of phenolic OH excluding ortho intramolecular Hbond substituents is 2. The van der Waals surface area contributed by atoms with Crippen LogP contribution in [0.5, 0.6) is 23.0 Å². The van der Waals surface area contributed by atoms with Crippen molar-refractivity contribution in [1.29, 1.82) is 0 Å².